The number of halogens is 1. The highest BCUT2D eigenvalue weighted by molar-refractivity contribution is 6.31. The summed E-state index contributed by atoms with van der Waals surface area (Å²) in [5.74, 6) is 0.811. The van der Waals surface area contributed by atoms with E-state index in [-0.39, 0.29) is 5.22 Å². The fraction of sp³-hybridized carbons (Fsp3) is 0.143. The number of hydrogen-bond acceptors (Lipinski definition) is 4. The lowest BCUT2D eigenvalue weighted by Gasteiger charge is -1.87. The number of furan rings is 1. The molecule has 0 fully saturated rings. The number of aromatic nitrogens is 3. The Morgan fingerprint density at radius 2 is 2.38 bits per heavy atom. The van der Waals surface area contributed by atoms with Crippen molar-refractivity contribution in [2.75, 3.05) is 5.73 Å². The number of rotatable bonds is 1. The Balaban J connectivity index is 2.53. The van der Waals surface area contributed by atoms with Gasteiger partial charge in [-0.05, 0) is 17.7 Å². The average Bonchev–Trinajstić information content (AvgIpc) is 2.60. The minimum atomic E-state index is 0.269. The molecule has 0 aliphatic rings. The Hall–Kier alpha value is -1.49. The third-order valence-corrected chi connectivity index (χ3v) is 1.95. The fourth-order valence-corrected chi connectivity index (χ4v) is 1.16. The van der Waals surface area contributed by atoms with E-state index < -0.39 is 0 Å². The highest BCUT2D eigenvalue weighted by Crippen LogP contribution is 2.26. The Kier molecular flexibility index (Phi) is 1.73. The summed E-state index contributed by atoms with van der Waals surface area (Å²) in [6, 6.07) is 1.69. The summed E-state index contributed by atoms with van der Waals surface area (Å²) in [4.78, 5) is 4.00. The Morgan fingerprint density at radius 1 is 1.62 bits per heavy atom. The minimum absolute atomic E-state index is 0.269. The lowest BCUT2D eigenvalue weighted by molar-refractivity contribution is 0.570. The Bertz CT molecular complexity index is 414. The summed E-state index contributed by atoms with van der Waals surface area (Å²) in [5, 5.41) is 4.32. The summed E-state index contributed by atoms with van der Waals surface area (Å²) in [6.07, 6.45) is 1.48. The molecule has 2 aromatic heterocycles. The second kappa shape index (κ2) is 2.77. The van der Waals surface area contributed by atoms with Crippen molar-refractivity contribution in [3.05, 3.63) is 17.5 Å². The molecular formula is C7H7ClN4O. The van der Waals surface area contributed by atoms with E-state index in [0.29, 0.717) is 17.3 Å². The van der Waals surface area contributed by atoms with Gasteiger partial charge in [0.25, 0.3) is 0 Å². The highest BCUT2D eigenvalue weighted by Gasteiger charge is 2.12. The van der Waals surface area contributed by atoms with E-state index in [1.54, 1.807) is 13.1 Å². The van der Waals surface area contributed by atoms with Crippen LogP contribution in [-0.4, -0.2) is 14.8 Å². The summed E-state index contributed by atoms with van der Waals surface area (Å²) < 4.78 is 6.37. The van der Waals surface area contributed by atoms with Crippen LogP contribution in [0.2, 0.25) is 5.22 Å². The van der Waals surface area contributed by atoms with Crippen LogP contribution >= 0.6 is 11.6 Å². The standard InChI is InChI=1S/C7H7ClN4O/c1-12-7(9)10-6(11-12)4-2-3-13-5(4)8/h2-3H,1H3,(H2,9,10,11). The van der Waals surface area contributed by atoms with Crippen LogP contribution in [0.1, 0.15) is 0 Å². The molecule has 2 N–H and O–H groups in total. The summed E-state index contributed by atoms with van der Waals surface area (Å²) in [5.41, 5.74) is 6.16. The van der Waals surface area contributed by atoms with Gasteiger partial charge in [-0.15, -0.1) is 5.10 Å². The lowest BCUT2D eigenvalue weighted by atomic mass is 10.3. The van der Waals surface area contributed by atoms with Crippen molar-refractivity contribution >= 4 is 17.5 Å². The van der Waals surface area contributed by atoms with Gasteiger partial charge in [-0.1, -0.05) is 0 Å². The molecule has 2 heterocycles. The monoisotopic (exact) mass is 198 g/mol. The highest BCUT2D eigenvalue weighted by atomic mass is 35.5. The minimum Gasteiger partial charge on any atom is -0.452 e. The van der Waals surface area contributed by atoms with Gasteiger partial charge in [0.2, 0.25) is 11.2 Å². The number of aryl methyl sites for hydroxylation is 1. The van der Waals surface area contributed by atoms with Crippen molar-refractivity contribution in [2.24, 2.45) is 7.05 Å². The molecule has 68 valence electrons. The normalized spacial score (nSPS) is 10.6. The largest absolute Gasteiger partial charge is 0.452 e. The van der Waals surface area contributed by atoms with Gasteiger partial charge >= 0.3 is 0 Å². The molecular weight excluding hydrogens is 192 g/mol. The van der Waals surface area contributed by atoms with Crippen LogP contribution in [0.5, 0.6) is 0 Å². The molecule has 0 saturated heterocycles. The number of hydrogen-bond donors (Lipinski definition) is 1. The van der Waals surface area contributed by atoms with Crippen LogP contribution in [0, 0.1) is 0 Å². The number of nitrogens with two attached hydrogens (primary N) is 1. The van der Waals surface area contributed by atoms with Gasteiger partial charge in [-0.25, -0.2) is 4.68 Å². The van der Waals surface area contributed by atoms with Crippen LogP contribution in [0.15, 0.2) is 16.7 Å². The van der Waals surface area contributed by atoms with E-state index in [4.69, 9.17) is 21.8 Å². The van der Waals surface area contributed by atoms with E-state index in [0.717, 1.165) is 0 Å². The van der Waals surface area contributed by atoms with E-state index >= 15 is 0 Å². The van der Waals surface area contributed by atoms with Gasteiger partial charge in [0, 0.05) is 7.05 Å². The first-order chi connectivity index (χ1) is 6.18. The first-order valence-corrected chi connectivity index (χ1v) is 3.96. The smallest absolute Gasteiger partial charge is 0.218 e. The zero-order valence-corrected chi connectivity index (χ0v) is 7.62. The lowest BCUT2D eigenvalue weighted by Crippen LogP contribution is -1.97. The van der Waals surface area contributed by atoms with Gasteiger partial charge in [0.1, 0.15) is 0 Å². The summed E-state index contributed by atoms with van der Waals surface area (Å²) >= 11 is 5.74. The molecule has 0 aliphatic heterocycles. The van der Waals surface area contributed by atoms with Crippen LogP contribution in [0.25, 0.3) is 11.4 Å². The number of nitrogen functional groups attached to an aromatic ring is 1. The molecule has 0 atom stereocenters. The molecule has 5 nitrogen and oxygen atoms in total. The van der Waals surface area contributed by atoms with E-state index in [9.17, 15) is 0 Å². The second-order valence-electron chi connectivity index (χ2n) is 2.53. The van der Waals surface area contributed by atoms with Gasteiger partial charge in [0.05, 0.1) is 11.8 Å². The predicted molar refractivity (Wildman–Crippen MR) is 48.1 cm³/mol. The molecule has 0 bridgehead atoms. The summed E-state index contributed by atoms with van der Waals surface area (Å²) in [6.45, 7) is 0. The third-order valence-electron chi connectivity index (χ3n) is 1.66. The van der Waals surface area contributed by atoms with Crippen molar-refractivity contribution < 1.29 is 4.42 Å². The predicted octanol–water partition coefficient (Wildman–Crippen LogP) is 1.31. The van der Waals surface area contributed by atoms with E-state index in [1.807, 2.05) is 0 Å². The van der Waals surface area contributed by atoms with Crippen molar-refractivity contribution in [3.8, 4) is 11.4 Å². The Labute approximate surface area is 79.1 Å². The summed E-state index contributed by atoms with van der Waals surface area (Å²) in [7, 11) is 1.71. The van der Waals surface area contributed by atoms with Gasteiger partial charge in [-0.2, -0.15) is 4.98 Å². The molecule has 0 aromatic carbocycles. The maximum Gasteiger partial charge on any atom is 0.218 e. The quantitative estimate of drug-likeness (QED) is 0.750. The molecule has 2 rings (SSSR count). The molecule has 0 spiro atoms. The maximum atomic E-state index is 5.74. The number of nitrogens with zero attached hydrogens (tertiary/aromatic N) is 3. The van der Waals surface area contributed by atoms with Crippen molar-refractivity contribution in [2.45, 2.75) is 0 Å². The van der Waals surface area contributed by atoms with Crippen LogP contribution in [-0.2, 0) is 7.05 Å². The third kappa shape index (κ3) is 1.27. The van der Waals surface area contributed by atoms with Crippen molar-refractivity contribution in [3.63, 3.8) is 0 Å². The second-order valence-corrected chi connectivity index (χ2v) is 2.87. The Morgan fingerprint density at radius 3 is 2.85 bits per heavy atom. The average molecular weight is 199 g/mol. The first-order valence-electron chi connectivity index (χ1n) is 3.58. The topological polar surface area (TPSA) is 69.9 Å². The van der Waals surface area contributed by atoms with Gasteiger partial charge < -0.3 is 10.2 Å². The number of anilines is 1. The van der Waals surface area contributed by atoms with Gasteiger partial charge in [0.15, 0.2) is 5.82 Å². The molecule has 0 radical (unpaired) electrons. The molecule has 6 heteroatoms. The maximum absolute atomic E-state index is 5.74. The molecule has 0 saturated carbocycles. The van der Waals surface area contributed by atoms with E-state index in [2.05, 4.69) is 10.1 Å². The molecule has 0 unspecified atom stereocenters. The van der Waals surface area contributed by atoms with Crippen LogP contribution in [0.4, 0.5) is 5.95 Å². The van der Waals surface area contributed by atoms with Crippen molar-refractivity contribution in [1.82, 2.24) is 14.8 Å². The van der Waals surface area contributed by atoms with Crippen molar-refractivity contribution in [1.29, 1.82) is 0 Å². The van der Waals surface area contributed by atoms with Gasteiger partial charge in [-0.3, -0.25) is 0 Å². The van der Waals surface area contributed by atoms with Crippen LogP contribution < -0.4 is 5.73 Å². The van der Waals surface area contributed by atoms with E-state index in [1.165, 1.54) is 10.9 Å². The molecule has 13 heavy (non-hydrogen) atoms. The molecule has 0 amide bonds. The molecule has 0 aliphatic carbocycles. The fourth-order valence-electron chi connectivity index (χ4n) is 0.964. The SMILES string of the molecule is Cn1nc(-c2ccoc2Cl)nc1N. The first kappa shape index (κ1) is 8.12. The molecule has 2 aromatic rings. The zero-order valence-electron chi connectivity index (χ0n) is 6.86. The zero-order chi connectivity index (χ0) is 9.42. The van der Waals surface area contributed by atoms with Crippen LogP contribution in [0.3, 0.4) is 0 Å².